The maximum Gasteiger partial charge on any atom is 0.243 e. The number of sulfonamides is 1. The lowest BCUT2D eigenvalue weighted by atomic mass is 10.0. The fourth-order valence-corrected chi connectivity index (χ4v) is 4.91. The molecule has 2 aromatic carbocycles. The van der Waals surface area contributed by atoms with E-state index >= 15 is 0 Å². The van der Waals surface area contributed by atoms with Crippen molar-refractivity contribution >= 4 is 27.5 Å². The number of amides is 2. The molecule has 2 aromatic rings. The van der Waals surface area contributed by atoms with E-state index in [0.29, 0.717) is 31.5 Å². The van der Waals surface area contributed by atoms with E-state index in [1.807, 2.05) is 64.1 Å². The standard InChI is InChI=1S/C27H39N3O4S/c1-6-24(26(32)28-27(2,3)4)29(21-19-22-14-9-7-10-15-22)25(31)18-13-20-30(35(5,33)34)23-16-11-8-12-17-23/h7-12,14-17,24H,6,13,18-21H2,1-5H3,(H,28,32). The maximum atomic E-state index is 13.4. The molecular weight excluding hydrogens is 462 g/mol. The summed E-state index contributed by atoms with van der Waals surface area (Å²) in [5.41, 5.74) is 1.24. The van der Waals surface area contributed by atoms with Gasteiger partial charge in [0, 0.05) is 25.0 Å². The topological polar surface area (TPSA) is 86.8 Å². The zero-order valence-electron chi connectivity index (χ0n) is 21.5. The summed E-state index contributed by atoms with van der Waals surface area (Å²) in [6, 6.07) is 18.1. The number of benzene rings is 2. The summed E-state index contributed by atoms with van der Waals surface area (Å²) in [5, 5.41) is 3.00. The highest BCUT2D eigenvalue weighted by atomic mass is 32.2. The SMILES string of the molecule is CCC(C(=O)NC(C)(C)C)N(CCc1ccccc1)C(=O)CCCN(c1ccccc1)S(C)(=O)=O. The average Bonchev–Trinajstić information content (AvgIpc) is 2.78. The number of hydrogen-bond donors (Lipinski definition) is 1. The average molecular weight is 502 g/mol. The Morgan fingerprint density at radius 1 is 0.943 bits per heavy atom. The van der Waals surface area contributed by atoms with E-state index in [0.717, 1.165) is 11.8 Å². The number of nitrogens with zero attached hydrogens (tertiary/aromatic N) is 2. The fourth-order valence-electron chi connectivity index (χ4n) is 3.95. The number of rotatable bonds is 12. The smallest absolute Gasteiger partial charge is 0.243 e. The number of anilines is 1. The number of para-hydroxylation sites is 1. The zero-order valence-corrected chi connectivity index (χ0v) is 22.3. The van der Waals surface area contributed by atoms with Gasteiger partial charge >= 0.3 is 0 Å². The van der Waals surface area contributed by atoms with Crippen molar-refractivity contribution in [2.24, 2.45) is 0 Å². The molecule has 0 aliphatic carbocycles. The molecule has 0 aliphatic heterocycles. The second kappa shape index (κ2) is 12.7. The molecule has 0 aliphatic rings. The van der Waals surface area contributed by atoms with Gasteiger partial charge < -0.3 is 10.2 Å². The van der Waals surface area contributed by atoms with E-state index < -0.39 is 21.6 Å². The lowest BCUT2D eigenvalue weighted by molar-refractivity contribution is -0.141. The Labute approximate surface area is 210 Å². The Balaban J connectivity index is 2.16. The minimum Gasteiger partial charge on any atom is -0.350 e. The molecular formula is C27H39N3O4S. The lowest BCUT2D eigenvalue weighted by Crippen LogP contribution is -2.54. The molecule has 0 saturated heterocycles. The van der Waals surface area contributed by atoms with Crippen molar-refractivity contribution in [2.45, 2.75) is 65.0 Å². The van der Waals surface area contributed by atoms with Crippen molar-refractivity contribution in [3.05, 3.63) is 66.2 Å². The van der Waals surface area contributed by atoms with Crippen molar-refractivity contribution in [3.8, 4) is 0 Å². The van der Waals surface area contributed by atoms with Crippen LogP contribution in [0.4, 0.5) is 5.69 Å². The molecule has 1 N–H and O–H groups in total. The first-order valence-electron chi connectivity index (χ1n) is 12.1. The molecule has 0 spiro atoms. The predicted molar refractivity (Wildman–Crippen MR) is 142 cm³/mol. The summed E-state index contributed by atoms with van der Waals surface area (Å²) in [4.78, 5) is 28.1. The molecule has 0 saturated carbocycles. The quantitative estimate of drug-likeness (QED) is 0.476. The second-order valence-electron chi connectivity index (χ2n) is 9.76. The second-order valence-corrected chi connectivity index (χ2v) is 11.7. The van der Waals surface area contributed by atoms with Crippen molar-refractivity contribution in [2.75, 3.05) is 23.7 Å². The van der Waals surface area contributed by atoms with Gasteiger partial charge in [0.15, 0.2) is 0 Å². The molecule has 0 radical (unpaired) electrons. The first-order chi connectivity index (χ1) is 16.4. The number of carbonyl (C=O) groups excluding carboxylic acids is 2. The molecule has 0 aromatic heterocycles. The third-order valence-corrected chi connectivity index (χ3v) is 6.76. The predicted octanol–water partition coefficient (Wildman–Crippen LogP) is 4.00. The van der Waals surface area contributed by atoms with Crippen molar-refractivity contribution in [1.82, 2.24) is 10.2 Å². The molecule has 192 valence electrons. The summed E-state index contributed by atoms with van der Waals surface area (Å²) >= 11 is 0. The summed E-state index contributed by atoms with van der Waals surface area (Å²) < 4.78 is 26.0. The minimum atomic E-state index is -3.49. The van der Waals surface area contributed by atoms with Crippen LogP contribution in [0.15, 0.2) is 60.7 Å². The summed E-state index contributed by atoms with van der Waals surface area (Å²) in [5.74, 6) is -0.332. The first kappa shape index (κ1) is 28.4. The van der Waals surface area contributed by atoms with Gasteiger partial charge in [0.1, 0.15) is 6.04 Å². The molecule has 1 atom stereocenters. The van der Waals surface area contributed by atoms with Gasteiger partial charge in [-0.1, -0.05) is 55.5 Å². The number of nitrogens with one attached hydrogen (secondary N) is 1. The molecule has 8 heteroatoms. The third kappa shape index (κ3) is 9.36. The lowest BCUT2D eigenvalue weighted by Gasteiger charge is -2.33. The van der Waals surface area contributed by atoms with Gasteiger partial charge in [-0.15, -0.1) is 0 Å². The van der Waals surface area contributed by atoms with Gasteiger partial charge in [0.2, 0.25) is 21.8 Å². The van der Waals surface area contributed by atoms with E-state index in [-0.39, 0.29) is 24.8 Å². The highest BCUT2D eigenvalue weighted by Gasteiger charge is 2.30. The number of carbonyl (C=O) groups is 2. The van der Waals surface area contributed by atoms with E-state index in [1.165, 1.54) is 4.31 Å². The van der Waals surface area contributed by atoms with Crippen LogP contribution in [0.25, 0.3) is 0 Å². The summed E-state index contributed by atoms with van der Waals surface area (Å²) in [7, 11) is -3.49. The Morgan fingerprint density at radius 3 is 2.03 bits per heavy atom. The van der Waals surface area contributed by atoms with Crippen LogP contribution in [0.3, 0.4) is 0 Å². The molecule has 0 bridgehead atoms. The molecule has 0 heterocycles. The van der Waals surface area contributed by atoms with E-state index in [2.05, 4.69) is 5.32 Å². The fraction of sp³-hybridized carbons (Fsp3) is 0.481. The zero-order chi connectivity index (χ0) is 26.1. The van der Waals surface area contributed by atoms with Gasteiger partial charge in [0.25, 0.3) is 0 Å². The van der Waals surface area contributed by atoms with Crippen molar-refractivity contribution in [1.29, 1.82) is 0 Å². The van der Waals surface area contributed by atoms with Gasteiger partial charge in [0.05, 0.1) is 11.9 Å². The normalized spacial score (nSPS) is 12.6. The Morgan fingerprint density at radius 2 is 1.51 bits per heavy atom. The van der Waals surface area contributed by atoms with Crippen LogP contribution in [0.5, 0.6) is 0 Å². The van der Waals surface area contributed by atoms with Crippen LogP contribution in [-0.2, 0) is 26.0 Å². The molecule has 1 unspecified atom stereocenters. The Kier molecular flexibility index (Phi) is 10.3. The summed E-state index contributed by atoms with van der Waals surface area (Å²) in [6.45, 7) is 8.24. The van der Waals surface area contributed by atoms with Crippen LogP contribution in [0, 0.1) is 0 Å². The van der Waals surface area contributed by atoms with Crippen molar-refractivity contribution < 1.29 is 18.0 Å². The van der Waals surface area contributed by atoms with Gasteiger partial charge in [-0.25, -0.2) is 8.42 Å². The van der Waals surface area contributed by atoms with Crippen LogP contribution in [0.2, 0.25) is 0 Å². The third-order valence-electron chi connectivity index (χ3n) is 5.56. The van der Waals surface area contributed by atoms with Crippen LogP contribution >= 0.6 is 0 Å². The first-order valence-corrected chi connectivity index (χ1v) is 14.0. The number of hydrogen-bond acceptors (Lipinski definition) is 4. The molecule has 2 amide bonds. The minimum absolute atomic E-state index is 0.146. The van der Waals surface area contributed by atoms with Gasteiger partial charge in [-0.2, -0.15) is 0 Å². The highest BCUT2D eigenvalue weighted by Crippen LogP contribution is 2.19. The van der Waals surface area contributed by atoms with Gasteiger partial charge in [-0.05, 0) is 57.7 Å². The van der Waals surface area contributed by atoms with E-state index in [1.54, 1.807) is 29.2 Å². The Bertz CT molecular complexity index is 1050. The van der Waals surface area contributed by atoms with E-state index in [4.69, 9.17) is 0 Å². The van der Waals surface area contributed by atoms with Gasteiger partial charge in [-0.3, -0.25) is 13.9 Å². The summed E-state index contributed by atoms with van der Waals surface area (Å²) in [6.07, 6.45) is 2.78. The van der Waals surface area contributed by atoms with Crippen molar-refractivity contribution in [3.63, 3.8) is 0 Å². The molecule has 2 rings (SSSR count). The van der Waals surface area contributed by atoms with Crippen LogP contribution < -0.4 is 9.62 Å². The van der Waals surface area contributed by atoms with E-state index in [9.17, 15) is 18.0 Å². The van der Waals surface area contributed by atoms with Crippen LogP contribution in [-0.4, -0.2) is 56.1 Å². The monoisotopic (exact) mass is 501 g/mol. The Hall–Kier alpha value is -2.87. The van der Waals surface area contributed by atoms with Crippen LogP contribution in [0.1, 0.15) is 52.5 Å². The molecule has 0 fully saturated rings. The molecule has 7 nitrogen and oxygen atoms in total. The largest absolute Gasteiger partial charge is 0.350 e. The maximum absolute atomic E-state index is 13.4. The molecule has 35 heavy (non-hydrogen) atoms. The highest BCUT2D eigenvalue weighted by molar-refractivity contribution is 7.92.